The van der Waals surface area contributed by atoms with Crippen LogP contribution in [-0.4, -0.2) is 22.7 Å². The first-order chi connectivity index (χ1) is 7.42. The molecule has 5 heteroatoms. The van der Waals surface area contributed by atoms with Crippen LogP contribution in [-0.2, 0) is 4.74 Å². The Bertz CT molecular complexity index is 323. The maximum atomic E-state index is 5.59. The van der Waals surface area contributed by atoms with Crippen LogP contribution in [0.25, 0.3) is 0 Å². The summed E-state index contributed by atoms with van der Waals surface area (Å²) in [4.78, 5) is 1.12. The maximum absolute atomic E-state index is 5.59. The monoisotopic (exact) mass is 225 g/mol. The second-order valence-electron chi connectivity index (χ2n) is 3.45. The van der Waals surface area contributed by atoms with E-state index in [-0.39, 0.29) is 6.04 Å². The Balaban J connectivity index is 2.09. The van der Waals surface area contributed by atoms with Gasteiger partial charge in [-0.1, -0.05) is 11.4 Å². The van der Waals surface area contributed by atoms with Crippen LogP contribution >= 0.6 is 11.5 Å². The molecule has 1 aromatic heterocycles. The summed E-state index contributed by atoms with van der Waals surface area (Å²) in [6, 6.07) is 0.146. The summed E-state index contributed by atoms with van der Waals surface area (Å²) in [5, 5.41) is 7.32. The fourth-order valence-electron chi connectivity index (χ4n) is 1.57. The van der Waals surface area contributed by atoms with Crippen LogP contribution in [0.1, 0.15) is 30.7 Å². The molecule has 4 nitrogen and oxygen atoms in total. The molecule has 1 N–H and O–H groups in total. The number of ether oxygens (including phenoxy) is 1. The van der Waals surface area contributed by atoms with E-state index in [2.05, 4.69) is 27.9 Å². The minimum atomic E-state index is 0.146. The molecule has 1 unspecified atom stereocenters. The van der Waals surface area contributed by atoms with Gasteiger partial charge in [-0.2, -0.15) is 0 Å². The largest absolute Gasteiger partial charge is 0.496 e. The predicted octanol–water partition coefficient (Wildman–Crippen LogP) is 1.88. The van der Waals surface area contributed by atoms with Gasteiger partial charge in [0.2, 0.25) is 0 Å². The first-order valence-electron chi connectivity index (χ1n) is 5.25. The summed E-state index contributed by atoms with van der Waals surface area (Å²) < 4.78 is 9.48. The molecule has 2 heterocycles. The van der Waals surface area contributed by atoms with Gasteiger partial charge in [-0.15, -0.1) is 5.10 Å². The summed E-state index contributed by atoms with van der Waals surface area (Å²) in [5.74, 6) is 1.02. The zero-order valence-electron chi connectivity index (χ0n) is 8.77. The molecular formula is C10H15N3OS. The molecule has 1 aliphatic heterocycles. The molecule has 2 rings (SSSR count). The molecule has 15 heavy (non-hydrogen) atoms. The molecule has 1 atom stereocenters. The topological polar surface area (TPSA) is 47.0 Å². The van der Waals surface area contributed by atoms with E-state index in [0.717, 1.165) is 36.6 Å². The second-order valence-corrected chi connectivity index (χ2v) is 4.27. The van der Waals surface area contributed by atoms with Gasteiger partial charge in [0, 0.05) is 6.42 Å². The Morgan fingerprint density at radius 2 is 2.60 bits per heavy atom. The maximum Gasteiger partial charge on any atom is 0.115 e. The van der Waals surface area contributed by atoms with Gasteiger partial charge in [0.1, 0.15) is 11.8 Å². The van der Waals surface area contributed by atoms with Crippen molar-refractivity contribution in [3.63, 3.8) is 0 Å². The molecule has 0 fully saturated rings. The number of rotatable bonds is 5. The quantitative estimate of drug-likeness (QED) is 0.831. The van der Waals surface area contributed by atoms with E-state index in [4.69, 9.17) is 4.74 Å². The Labute approximate surface area is 93.5 Å². The van der Waals surface area contributed by atoms with Crippen molar-refractivity contribution in [3.8, 4) is 0 Å². The van der Waals surface area contributed by atoms with Crippen molar-refractivity contribution >= 4 is 11.5 Å². The molecule has 0 radical (unpaired) electrons. The van der Waals surface area contributed by atoms with Gasteiger partial charge in [0.25, 0.3) is 0 Å². The average molecular weight is 225 g/mol. The molecule has 1 aromatic rings. The van der Waals surface area contributed by atoms with Gasteiger partial charge in [-0.3, -0.25) is 0 Å². The van der Waals surface area contributed by atoms with E-state index in [0.29, 0.717) is 0 Å². The van der Waals surface area contributed by atoms with E-state index in [1.807, 2.05) is 0 Å². The third kappa shape index (κ3) is 2.54. The van der Waals surface area contributed by atoms with Crippen LogP contribution in [0.2, 0.25) is 0 Å². The minimum Gasteiger partial charge on any atom is -0.496 e. The van der Waals surface area contributed by atoms with Crippen LogP contribution in [0.3, 0.4) is 0 Å². The van der Waals surface area contributed by atoms with Crippen molar-refractivity contribution in [1.29, 1.82) is 0 Å². The zero-order valence-corrected chi connectivity index (χ0v) is 9.59. The van der Waals surface area contributed by atoms with Crippen molar-refractivity contribution in [2.75, 3.05) is 13.2 Å². The number of aromatic nitrogens is 2. The fraction of sp³-hybridized carbons (Fsp3) is 0.600. The number of nitrogens with zero attached hydrogens (tertiary/aromatic N) is 2. The highest BCUT2D eigenvalue weighted by Crippen LogP contribution is 2.27. The molecule has 0 saturated carbocycles. The minimum absolute atomic E-state index is 0.146. The first kappa shape index (κ1) is 10.6. The van der Waals surface area contributed by atoms with Crippen LogP contribution in [0.4, 0.5) is 0 Å². The van der Waals surface area contributed by atoms with Gasteiger partial charge in [0.15, 0.2) is 0 Å². The molecule has 0 aliphatic carbocycles. The summed E-state index contributed by atoms with van der Waals surface area (Å²) in [5.41, 5.74) is 0. The Hall–Kier alpha value is -0.940. The van der Waals surface area contributed by atoms with E-state index in [1.54, 1.807) is 6.20 Å². The van der Waals surface area contributed by atoms with Gasteiger partial charge in [0.05, 0.1) is 17.7 Å². The fourth-order valence-corrected chi connectivity index (χ4v) is 2.16. The van der Waals surface area contributed by atoms with Crippen LogP contribution in [0.15, 0.2) is 18.0 Å². The number of hydrogen-bond acceptors (Lipinski definition) is 5. The van der Waals surface area contributed by atoms with Crippen molar-refractivity contribution in [2.45, 2.75) is 25.8 Å². The van der Waals surface area contributed by atoms with E-state index < -0.39 is 0 Å². The number of nitrogens with one attached hydrogen (secondary N) is 1. The lowest BCUT2D eigenvalue weighted by Crippen LogP contribution is -2.23. The standard InChI is InChI=1S/C10H15N3OS/c1-2-5-11-10(8-4-3-6-14-8)9-7-12-13-15-9/h4,7,10-11H,2-3,5-6H2,1H3. The van der Waals surface area contributed by atoms with E-state index >= 15 is 0 Å². The molecule has 0 bridgehead atoms. The highest BCUT2D eigenvalue weighted by molar-refractivity contribution is 7.05. The second kappa shape index (κ2) is 5.23. The van der Waals surface area contributed by atoms with Crippen molar-refractivity contribution in [1.82, 2.24) is 14.9 Å². The van der Waals surface area contributed by atoms with E-state index in [9.17, 15) is 0 Å². The SMILES string of the molecule is CCCNC(C1=CCCO1)c1cnns1. The Kier molecular flexibility index (Phi) is 3.69. The van der Waals surface area contributed by atoms with Gasteiger partial charge >= 0.3 is 0 Å². The molecule has 0 amide bonds. The highest BCUT2D eigenvalue weighted by atomic mass is 32.1. The smallest absolute Gasteiger partial charge is 0.115 e. The van der Waals surface area contributed by atoms with Crippen molar-refractivity contribution in [2.24, 2.45) is 0 Å². The van der Waals surface area contributed by atoms with Crippen LogP contribution in [0, 0.1) is 0 Å². The normalized spacial score (nSPS) is 17.3. The van der Waals surface area contributed by atoms with Crippen molar-refractivity contribution in [3.05, 3.63) is 22.9 Å². The average Bonchev–Trinajstić information content (AvgIpc) is 2.90. The third-order valence-electron chi connectivity index (χ3n) is 2.28. The molecule has 82 valence electrons. The molecule has 1 aliphatic rings. The highest BCUT2D eigenvalue weighted by Gasteiger charge is 2.21. The first-order valence-corrected chi connectivity index (χ1v) is 6.02. The Morgan fingerprint density at radius 1 is 1.67 bits per heavy atom. The third-order valence-corrected chi connectivity index (χ3v) is 3.01. The van der Waals surface area contributed by atoms with Gasteiger partial charge in [-0.25, -0.2) is 0 Å². The van der Waals surface area contributed by atoms with E-state index in [1.165, 1.54) is 11.5 Å². The van der Waals surface area contributed by atoms with Crippen LogP contribution < -0.4 is 5.32 Å². The zero-order chi connectivity index (χ0) is 10.5. The number of hydrogen-bond donors (Lipinski definition) is 1. The lowest BCUT2D eigenvalue weighted by molar-refractivity contribution is 0.216. The lowest BCUT2D eigenvalue weighted by Gasteiger charge is -2.17. The summed E-state index contributed by atoms with van der Waals surface area (Å²) in [7, 11) is 0. The predicted molar refractivity (Wildman–Crippen MR) is 59.6 cm³/mol. The summed E-state index contributed by atoms with van der Waals surface area (Å²) >= 11 is 1.42. The molecule has 0 aromatic carbocycles. The lowest BCUT2D eigenvalue weighted by atomic mass is 10.2. The van der Waals surface area contributed by atoms with Gasteiger partial charge in [-0.05, 0) is 30.6 Å². The Morgan fingerprint density at radius 3 is 3.20 bits per heavy atom. The molecule has 0 saturated heterocycles. The van der Waals surface area contributed by atoms with Gasteiger partial charge < -0.3 is 10.1 Å². The van der Waals surface area contributed by atoms with Crippen molar-refractivity contribution < 1.29 is 4.74 Å². The summed E-state index contributed by atoms with van der Waals surface area (Å²) in [6.45, 7) is 3.92. The molecule has 0 spiro atoms. The molecular weight excluding hydrogens is 210 g/mol. The van der Waals surface area contributed by atoms with Crippen LogP contribution in [0.5, 0.6) is 0 Å². The summed E-state index contributed by atoms with van der Waals surface area (Å²) in [6.07, 6.45) is 6.06.